The second-order valence-corrected chi connectivity index (χ2v) is 9.52. The first-order valence-electron chi connectivity index (χ1n) is 13.6. The number of likely N-dealkylation sites (N-methyl/N-ethyl adjacent to an activating group) is 1. The van der Waals surface area contributed by atoms with Crippen LogP contribution in [0.1, 0.15) is 56.3 Å². The van der Waals surface area contributed by atoms with Gasteiger partial charge in [0, 0.05) is 19.3 Å². The van der Waals surface area contributed by atoms with E-state index in [4.69, 9.17) is 9.47 Å². The highest BCUT2D eigenvalue weighted by Gasteiger charge is 2.46. The van der Waals surface area contributed by atoms with Crippen LogP contribution in [0.2, 0.25) is 0 Å². The zero-order chi connectivity index (χ0) is 28.3. The number of rotatable bonds is 11. The van der Waals surface area contributed by atoms with E-state index in [1.165, 1.54) is 0 Å². The van der Waals surface area contributed by atoms with Crippen molar-refractivity contribution in [2.24, 2.45) is 0 Å². The number of hydrogen-bond donors (Lipinski definition) is 1. The van der Waals surface area contributed by atoms with Crippen molar-refractivity contribution >= 4 is 23.1 Å². The third kappa shape index (κ3) is 5.23. The summed E-state index contributed by atoms with van der Waals surface area (Å²) in [7, 11) is 0. The highest BCUT2D eigenvalue weighted by Crippen LogP contribution is 2.42. The number of ether oxygens (including phenoxy) is 2. The number of aromatic nitrogens is 2. The van der Waals surface area contributed by atoms with E-state index in [-0.39, 0.29) is 17.0 Å². The van der Waals surface area contributed by atoms with Gasteiger partial charge in [-0.3, -0.25) is 9.59 Å². The fourth-order valence-corrected chi connectivity index (χ4v) is 5.16. The van der Waals surface area contributed by atoms with E-state index in [0.29, 0.717) is 54.7 Å². The molecule has 1 saturated heterocycles. The molecule has 0 aliphatic carbocycles. The van der Waals surface area contributed by atoms with Gasteiger partial charge in [-0.1, -0.05) is 26.0 Å². The number of pyridine rings is 1. The maximum atomic E-state index is 13.6. The molecule has 1 aliphatic heterocycles. The van der Waals surface area contributed by atoms with Gasteiger partial charge in [0.1, 0.15) is 11.3 Å². The van der Waals surface area contributed by atoms with Crippen LogP contribution in [0.25, 0.3) is 11.4 Å². The van der Waals surface area contributed by atoms with Crippen LogP contribution in [-0.4, -0.2) is 75.4 Å². The second-order valence-electron chi connectivity index (χ2n) is 9.52. The molecular formula is C30H38N4O5. The number of aryl methyl sites for hydroxylation is 2. The predicted octanol–water partition coefficient (Wildman–Crippen LogP) is 4.51. The lowest BCUT2D eigenvalue weighted by Crippen LogP contribution is -2.38. The highest BCUT2D eigenvalue weighted by atomic mass is 16.5. The van der Waals surface area contributed by atoms with E-state index in [1.54, 1.807) is 17.0 Å². The topological polar surface area (TPSA) is 96.6 Å². The zero-order valence-electron chi connectivity index (χ0n) is 23.7. The first kappa shape index (κ1) is 28.2. The van der Waals surface area contributed by atoms with Gasteiger partial charge in [0.05, 0.1) is 30.5 Å². The number of carbonyl (C=O) groups is 2. The van der Waals surface area contributed by atoms with Gasteiger partial charge in [0.15, 0.2) is 17.3 Å². The van der Waals surface area contributed by atoms with Crippen molar-refractivity contribution in [3.63, 3.8) is 0 Å². The lowest BCUT2D eigenvalue weighted by atomic mass is 9.96. The molecule has 1 N–H and O–H groups in total. The Morgan fingerprint density at radius 3 is 2.36 bits per heavy atom. The summed E-state index contributed by atoms with van der Waals surface area (Å²) in [4.78, 5) is 35.4. The Morgan fingerprint density at radius 2 is 1.72 bits per heavy atom. The number of benzene rings is 1. The number of nitrogens with zero attached hydrogens (tertiary/aromatic N) is 4. The number of carbonyl (C=O) groups excluding carboxylic acids is 2. The number of imidazole rings is 1. The van der Waals surface area contributed by atoms with Gasteiger partial charge in [0.2, 0.25) is 0 Å². The molecule has 9 nitrogen and oxygen atoms in total. The van der Waals surface area contributed by atoms with Gasteiger partial charge in [-0.25, -0.2) is 4.98 Å². The number of likely N-dealkylation sites (tertiary alicyclic amines) is 1. The van der Waals surface area contributed by atoms with Crippen molar-refractivity contribution < 1.29 is 24.2 Å². The molecule has 0 spiro atoms. The molecule has 1 fully saturated rings. The van der Waals surface area contributed by atoms with Crippen LogP contribution in [-0.2, 0) is 9.59 Å². The van der Waals surface area contributed by atoms with Gasteiger partial charge in [-0.2, -0.15) is 0 Å². The monoisotopic (exact) mass is 534 g/mol. The van der Waals surface area contributed by atoms with Crippen LogP contribution >= 0.6 is 0 Å². The normalized spacial score (nSPS) is 17.0. The van der Waals surface area contributed by atoms with Gasteiger partial charge in [-0.05, 0) is 70.1 Å². The summed E-state index contributed by atoms with van der Waals surface area (Å²) in [6.07, 6.45) is 1.86. The molecule has 3 heterocycles. The molecule has 1 unspecified atom stereocenters. The Kier molecular flexibility index (Phi) is 8.60. The standard InChI is InChI=1S/C30H38N4O5/c1-7-32(8-2)16-17-34-26(21-13-14-22(38-9-3)23(18-21)39-10-4)24(28(36)30(34)37)27(35)25-20(6)33-15-11-12-19(5)29(33)31-25/h11-15,18,26,35H,7-10,16-17H2,1-6H3/b27-24+. The lowest BCUT2D eigenvalue weighted by molar-refractivity contribution is -0.140. The predicted molar refractivity (Wildman–Crippen MR) is 150 cm³/mol. The number of hydrogen-bond acceptors (Lipinski definition) is 7. The molecular weight excluding hydrogens is 496 g/mol. The summed E-state index contributed by atoms with van der Waals surface area (Å²) in [5, 5.41) is 11.6. The molecule has 0 bridgehead atoms. The largest absolute Gasteiger partial charge is 0.505 e. The minimum Gasteiger partial charge on any atom is -0.505 e. The third-order valence-electron chi connectivity index (χ3n) is 7.28. The number of fused-ring (bicyclic) bond motifs is 1. The first-order valence-corrected chi connectivity index (χ1v) is 13.6. The van der Waals surface area contributed by atoms with Crippen LogP contribution < -0.4 is 9.47 Å². The van der Waals surface area contributed by atoms with E-state index >= 15 is 0 Å². The smallest absolute Gasteiger partial charge is 0.295 e. The van der Waals surface area contributed by atoms with Crippen molar-refractivity contribution in [3.8, 4) is 11.5 Å². The summed E-state index contributed by atoms with van der Waals surface area (Å²) in [6, 6.07) is 8.44. The van der Waals surface area contributed by atoms with E-state index in [9.17, 15) is 14.7 Å². The molecule has 1 amide bonds. The third-order valence-corrected chi connectivity index (χ3v) is 7.28. The van der Waals surface area contributed by atoms with E-state index in [2.05, 4.69) is 23.7 Å². The molecule has 39 heavy (non-hydrogen) atoms. The minimum atomic E-state index is -0.805. The Balaban J connectivity index is 1.90. The molecule has 9 heteroatoms. The van der Waals surface area contributed by atoms with E-state index in [0.717, 1.165) is 18.7 Å². The average molecular weight is 535 g/mol. The Hall–Kier alpha value is -3.85. The van der Waals surface area contributed by atoms with Crippen molar-refractivity contribution in [1.29, 1.82) is 0 Å². The van der Waals surface area contributed by atoms with Crippen molar-refractivity contribution in [2.75, 3.05) is 39.4 Å². The molecule has 2 aromatic heterocycles. The number of amides is 1. The summed E-state index contributed by atoms with van der Waals surface area (Å²) >= 11 is 0. The van der Waals surface area contributed by atoms with Gasteiger partial charge in [-0.15, -0.1) is 0 Å². The summed E-state index contributed by atoms with van der Waals surface area (Å²) in [5.41, 5.74) is 3.26. The van der Waals surface area contributed by atoms with Gasteiger partial charge in [0.25, 0.3) is 11.7 Å². The van der Waals surface area contributed by atoms with Gasteiger partial charge < -0.3 is 28.8 Å². The molecule has 1 atom stereocenters. The van der Waals surface area contributed by atoms with Crippen LogP contribution in [0.3, 0.4) is 0 Å². The Labute approximate surface area is 229 Å². The summed E-state index contributed by atoms with van der Waals surface area (Å²) in [6.45, 7) is 15.1. The molecule has 0 saturated carbocycles. The Morgan fingerprint density at radius 1 is 1.03 bits per heavy atom. The zero-order valence-corrected chi connectivity index (χ0v) is 23.7. The molecule has 3 aromatic rings. The molecule has 1 aliphatic rings. The minimum absolute atomic E-state index is 0.0234. The average Bonchev–Trinajstić information content (AvgIpc) is 3.40. The SMILES string of the molecule is CCOc1ccc(C2/C(=C(\O)c3nc4c(C)cccn4c3C)C(=O)C(=O)N2CCN(CC)CC)cc1OCC. The second kappa shape index (κ2) is 11.9. The highest BCUT2D eigenvalue weighted by molar-refractivity contribution is 6.46. The van der Waals surface area contributed by atoms with Gasteiger partial charge >= 0.3 is 0 Å². The van der Waals surface area contributed by atoms with Crippen LogP contribution in [0.5, 0.6) is 11.5 Å². The fraction of sp³-hybridized carbons (Fsp3) is 0.433. The van der Waals surface area contributed by atoms with Crippen LogP contribution in [0, 0.1) is 13.8 Å². The van der Waals surface area contributed by atoms with Crippen molar-refractivity contribution in [3.05, 3.63) is 64.6 Å². The number of aliphatic hydroxyl groups excluding tert-OH is 1. The first-order chi connectivity index (χ1) is 18.8. The van der Waals surface area contributed by atoms with Crippen LogP contribution in [0.4, 0.5) is 0 Å². The molecule has 4 rings (SSSR count). The van der Waals surface area contributed by atoms with E-state index < -0.39 is 17.7 Å². The number of aliphatic hydroxyl groups is 1. The lowest BCUT2D eigenvalue weighted by Gasteiger charge is -2.28. The number of Topliss-reactive ketones (excluding diaryl/α,β-unsaturated/α-hetero) is 1. The van der Waals surface area contributed by atoms with E-state index in [1.807, 2.05) is 56.5 Å². The quantitative estimate of drug-likeness (QED) is 0.220. The summed E-state index contributed by atoms with van der Waals surface area (Å²) < 4.78 is 13.5. The molecule has 0 radical (unpaired) electrons. The maximum absolute atomic E-state index is 13.6. The fourth-order valence-electron chi connectivity index (χ4n) is 5.16. The van der Waals surface area contributed by atoms with Crippen molar-refractivity contribution in [2.45, 2.75) is 47.6 Å². The molecule has 1 aromatic carbocycles. The molecule has 208 valence electrons. The van der Waals surface area contributed by atoms with Crippen molar-refractivity contribution in [1.82, 2.24) is 19.2 Å². The Bertz CT molecular complexity index is 1410. The number of ketones is 1. The van der Waals surface area contributed by atoms with Crippen LogP contribution in [0.15, 0.2) is 42.1 Å². The summed E-state index contributed by atoms with van der Waals surface area (Å²) in [5.74, 6) is -0.549. The maximum Gasteiger partial charge on any atom is 0.295 e.